The Morgan fingerprint density at radius 2 is 1.72 bits per heavy atom. The zero-order valence-corrected chi connectivity index (χ0v) is 19.1. The Balaban J connectivity index is 0.00000210. The first kappa shape index (κ1) is 25.6. The van der Waals surface area contributed by atoms with Gasteiger partial charge in [-0.25, -0.2) is 0 Å². The van der Waals surface area contributed by atoms with Crippen LogP contribution in [0.5, 0.6) is 11.5 Å². The van der Waals surface area contributed by atoms with Crippen molar-refractivity contribution >= 4 is 24.8 Å². The highest BCUT2D eigenvalue weighted by Crippen LogP contribution is 2.35. The number of nitrogens with zero attached hydrogens (tertiary/aromatic N) is 1. The summed E-state index contributed by atoms with van der Waals surface area (Å²) in [7, 11) is 1.70. The van der Waals surface area contributed by atoms with Gasteiger partial charge in [0.25, 0.3) is 0 Å². The number of methoxy groups -OCH3 is 1. The number of nitrogens with one attached hydrogen (secondary N) is 1. The van der Waals surface area contributed by atoms with Gasteiger partial charge < -0.3 is 14.8 Å². The van der Waals surface area contributed by atoms with Crippen LogP contribution in [0.2, 0.25) is 0 Å². The molecule has 162 valence electrons. The van der Waals surface area contributed by atoms with Gasteiger partial charge in [0.05, 0.1) is 7.11 Å². The number of ether oxygens (including phenoxy) is 2. The van der Waals surface area contributed by atoms with Crippen molar-refractivity contribution in [2.75, 3.05) is 33.3 Å². The summed E-state index contributed by atoms with van der Waals surface area (Å²) in [5.41, 5.74) is 2.49. The highest BCUT2D eigenvalue weighted by atomic mass is 35.5. The maximum atomic E-state index is 6.14. The number of unbranched alkanes of at least 4 members (excludes halogenated alkanes) is 1. The first-order valence-corrected chi connectivity index (χ1v) is 10.1. The Hall–Kier alpha value is -1.46. The van der Waals surface area contributed by atoms with Gasteiger partial charge in [0.2, 0.25) is 0 Å². The predicted octanol–water partition coefficient (Wildman–Crippen LogP) is 5.25. The van der Waals surface area contributed by atoms with Gasteiger partial charge in [-0.2, -0.15) is 0 Å². The molecule has 1 heterocycles. The van der Waals surface area contributed by atoms with Gasteiger partial charge in [0.1, 0.15) is 6.61 Å². The van der Waals surface area contributed by atoms with Gasteiger partial charge in [0, 0.05) is 32.2 Å². The van der Waals surface area contributed by atoms with E-state index in [9.17, 15) is 0 Å². The Morgan fingerprint density at radius 3 is 2.38 bits per heavy atom. The second-order valence-corrected chi connectivity index (χ2v) is 7.13. The van der Waals surface area contributed by atoms with E-state index in [1.807, 2.05) is 18.2 Å². The molecule has 1 aliphatic heterocycles. The third-order valence-electron chi connectivity index (χ3n) is 5.23. The van der Waals surface area contributed by atoms with Gasteiger partial charge in [-0.15, -0.1) is 24.8 Å². The molecule has 0 saturated carbocycles. The summed E-state index contributed by atoms with van der Waals surface area (Å²) >= 11 is 0. The molecular formula is C23H34Cl2N2O2. The molecule has 0 amide bonds. The predicted molar refractivity (Wildman–Crippen MR) is 125 cm³/mol. The average molecular weight is 441 g/mol. The van der Waals surface area contributed by atoms with Gasteiger partial charge in [0.15, 0.2) is 11.5 Å². The van der Waals surface area contributed by atoms with Crippen LogP contribution >= 0.6 is 24.8 Å². The molecule has 0 bridgehead atoms. The zero-order chi connectivity index (χ0) is 18.9. The molecule has 4 nitrogen and oxygen atoms in total. The standard InChI is InChI=1S/C23H32N2O2.2ClH/c1-3-4-10-21(25-15-13-24-14-16-25)20-11-12-22(26-2)23(17-20)27-18-19-8-6-5-7-9-19;;/h5-9,11-12,17,21,24H,3-4,10,13-16,18H2,1-2H3;2*1H/t21-;;/m1../s1. The van der Waals surface area contributed by atoms with Crippen LogP contribution in [0.4, 0.5) is 0 Å². The lowest BCUT2D eigenvalue weighted by atomic mass is 9.98. The number of hydrogen-bond donors (Lipinski definition) is 1. The Morgan fingerprint density at radius 1 is 1.00 bits per heavy atom. The largest absolute Gasteiger partial charge is 0.493 e. The molecule has 1 fully saturated rings. The van der Waals surface area contributed by atoms with Crippen LogP contribution in [0.15, 0.2) is 48.5 Å². The summed E-state index contributed by atoms with van der Waals surface area (Å²) in [6.45, 7) is 7.14. The van der Waals surface area contributed by atoms with Crippen LogP contribution in [-0.2, 0) is 6.61 Å². The van der Waals surface area contributed by atoms with E-state index in [2.05, 4.69) is 47.5 Å². The fraction of sp³-hybridized carbons (Fsp3) is 0.478. The van der Waals surface area contributed by atoms with E-state index >= 15 is 0 Å². The second-order valence-electron chi connectivity index (χ2n) is 7.13. The van der Waals surface area contributed by atoms with Crippen molar-refractivity contribution in [2.45, 2.75) is 38.8 Å². The second kappa shape index (κ2) is 13.7. The highest BCUT2D eigenvalue weighted by Gasteiger charge is 2.23. The topological polar surface area (TPSA) is 33.7 Å². The lowest BCUT2D eigenvalue weighted by Gasteiger charge is -2.35. The van der Waals surface area contributed by atoms with Crippen molar-refractivity contribution in [3.8, 4) is 11.5 Å². The van der Waals surface area contributed by atoms with E-state index in [1.54, 1.807) is 7.11 Å². The minimum absolute atomic E-state index is 0. The smallest absolute Gasteiger partial charge is 0.161 e. The average Bonchev–Trinajstić information content (AvgIpc) is 2.74. The molecule has 6 heteroatoms. The van der Waals surface area contributed by atoms with Gasteiger partial charge in [-0.3, -0.25) is 4.90 Å². The van der Waals surface area contributed by atoms with Crippen molar-refractivity contribution in [3.05, 3.63) is 59.7 Å². The summed E-state index contributed by atoms with van der Waals surface area (Å²) in [5.74, 6) is 1.62. The minimum Gasteiger partial charge on any atom is -0.493 e. The first-order chi connectivity index (χ1) is 13.3. The molecule has 2 aromatic carbocycles. The molecule has 2 aromatic rings. The van der Waals surface area contributed by atoms with Crippen LogP contribution in [0.1, 0.15) is 43.4 Å². The van der Waals surface area contributed by atoms with E-state index in [1.165, 1.54) is 24.8 Å². The van der Waals surface area contributed by atoms with Crippen molar-refractivity contribution < 1.29 is 9.47 Å². The highest BCUT2D eigenvalue weighted by molar-refractivity contribution is 5.85. The number of hydrogen-bond acceptors (Lipinski definition) is 4. The summed E-state index contributed by atoms with van der Waals surface area (Å²) in [6, 6.07) is 17.2. The molecule has 0 radical (unpaired) electrons. The van der Waals surface area contributed by atoms with E-state index in [4.69, 9.17) is 9.47 Å². The number of halogens is 2. The SMILES string of the molecule is CCCC[C@H](c1ccc(OC)c(OCc2ccccc2)c1)N1CCNCC1.Cl.Cl. The maximum absolute atomic E-state index is 6.14. The number of piperazine rings is 1. The van der Waals surface area contributed by atoms with E-state index in [-0.39, 0.29) is 24.8 Å². The molecule has 1 saturated heterocycles. The quantitative estimate of drug-likeness (QED) is 0.576. The zero-order valence-electron chi connectivity index (χ0n) is 17.4. The van der Waals surface area contributed by atoms with E-state index in [0.717, 1.165) is 43.2 Å². The molecule has 1 atom stereocenters. The van der Waals surface area contributed by atoms with Crippen molar-refractivity contribution in [1.29, 1.82) is 0 Å². The van der Waals surface area contributed by atoms with Crippen LogP contribution in [0, 0.1) is 0 Å². The molecule has 1 aliphatic rings. The van der Waals surface area contributed by atoms with E-state index < -0.39 is 0 Å². The summed E-state index contributed by atoms with van der Waals surface area (Å²) < 4.78 is 11.7. The number of rotatable bonds is 9. The molecular weight excluding hydrogens is 407 g/mol. The lowest BCUT2D eigenvalue weighted by molar-refractivity contribution is 0.162. The molecule has 0 aromatic heterocycles. The summed E-state index contributed by atoms with van der Waals surface area (Å²) in [6.07, 6.45) is 3.64. The van der Waals surface area contributed by atoms with Gasteiger partial charge in [-0.05, 0) is 29.7 Å². The molecule has 29 heavy (non-hydrogen) atoms. The molecule has 0 spiro atoms. The van der Waals surface area contributed by atoms with Gasteiger partial charge in [-0.1, -0.05) is 56.2 Å². The Kier molecular flexibility index (Phi) is 12.1. The normalized spacial score (nSPS) is 15.0. The third kappa shape index (κ3) is 7.38. The Labute approximate surface area is 187 Å². The monoisotopic (exact) mass is 440 g/mol. The molecule has 3 rings (SSSR count). The summed E-state index contributed by atoms with van der Waals surface area (Å²) in [4.78, 5) is 2.61. The fourth-order valence-corrected chi connectivity index (χ4v) is 3.70. The van der Waals surface area contributed by atoms with Crippen molar-refractivity contribution in [2.24, 2.45) is 0 Å². The molecule has 1 N–H and O–H groups in total. The van der Waals surface area contributed by atoms with Crippen LogP contribution in [0.3, 0.4) is 0 Å². The van der Waals surface area contributed by atoms with Crippen molar-refractivity contribution in [3.63, 3.8) is 0 Å². The van der Waals surface area contributed by atoms with Crippen molar-refractivity contribution in [1.82, 2.24) is 10.2 Å². The lowest BCUT2D eigenvalue weighted by Crippen LogP contribution is -2.45. The van der Waals surface area contributed by atoms with Gasteiger partial charge >= 0.3 is 0 Å². The first-order valence-electron chi connectivity index (χ1n) is 10.1. The molecule has 0 unspecified atom stereocenters. The van der Waals surface area contributed by atoms with Crippen LogP contribution in [-0.4, -0.2) is 38.2 Å². The van der Waals surface area contributed by atoms with E-state index in [0.29, 0.717) is 12.6 Å². The maximum Gasteiger partial charge on any atom is 0.161 e. The number of benzene rings is 2. The Bertz CT molecular complexity index is 695. The van der Waals surface area contributed by atoms with Crippen LogP contribution < -0.4 is 14.8 Å². The minimum atomic E-state index is 0. The fourth-order valence-electron chi connectivity index (χ4n) is 3.70. The summed E-state index contributed by atoms with van der Waals surface area (Å²) in [5, 5.41) is 3.46. The third-order valence-corrected chi connectivity index (χ3v) is 5.23. The molecule has 0 aliphatic carbocycles. The van der Waals surface area contributed by atoms with Crippen LogP contribution in [0.25, 0.3) is 0 Å².